The molecular formula is C23H18F2N2O4S. The van der Waals surface area contributed by atoms with Crippen LogP contribution in [0.2, 0.25) is 0 Å². The Morgan fingerprint density at radius 1 is 0.750 bits per heavy atom. The van der Waals surface area contributed by atoms with E-state index in [4.69, 9.17) is 4.74 Å². The zero-order chi connectivity index (χ0) is 22.9. The molecular weight excluding hydrogens is 438 g/mol. The molecule has 0 unspecified atom stereocenters. The maximum atomic E-state index is 13.7. The molecule has 2 N–H and O–H groups in total. The lowest BCUT2D eigenvalue weighted by Gasteiger charge is -2.10. The second kappa shape index (κ2) is 11.1. The minimum atomic E-state index is -0.772. The summed E-state index contributed by atoms with van der Waals surface area (Å²) >= 11 is 1.06. The second-order valence-electron chi connectivity index (χ2n) is 6.42. The number of anilines is 2. The summed E-state index contributed by atoms with van der Waals surface area (Å²) in [7, 11) is 0. The molecule has 0 aromatic heterocycles. The molecule has 164 valence electrons. The molecule has 0 spiro atoms. The predicted octanol–water partition coefficient (Wildman–Crippen LogP) is 4.49. The van der Waals surface area contributed by atoms with Crippen molar-refractivity contribution < 1.29 is 27.9 Å². The van der Waals surface area contributed by atoms with Gasteiger partial charge in [0.25, 0.3) is 5.91 Å². The average Bonchev–Trinajstić information content (AvgIpc) is 2.79. The van der Waals surface area contributed by atoms with Crippen LogP contribution in [0.15, 0.2) is 77.7 Å². The van der Waals surface area contributed by atoms with Crippen LogP contribution in [0.3, 0.4) is 0 Å². The molecule has 2 amide bonds. The quantitative estimate of drug-likeness (QED) is 0.385. The highest BCUT2D eigenvalue weighted by Crippen LogP contribution is 2.24. The van der Waals surface area contributed by atoms with Gasteiger partial charge in [-0.25, -0.2) is 13.6 Å². The van der Waals surface area contributed by atoms with Crippen molar-refractivity contribution in [3.8, 4) is 0 Å². The van der Waals surface area contributed by atoms with Crippen LogP contribution in [0.5, 0.6) is 0 Å². The fraction of sp³-hybridized carbons (Fsp3) is 0.0870. The summed E-state index contributed by atoms with van der Waals surface area (Å²) in [6, 6.07) is 17.8. The summed E-state index contributed by atoms with van der Waals surface area (Å²) in [5, 5.41) is 4.78. The molecule has 0 aliphatic carbocycles. The van der Waals surface area contributed by atoms with Crippen LogP contribution in [-0.2, 0) is 14.3 Å². The first-order chi connectivity index (χ1) is 15.4. The Hall–Kier alpha value is -3.72. The fourth-order valence-electron chi connectivity index (χ4n) is 2.61. The minimum absolute atomic E-state index is 0.0228. The largest absolute Gasteiger partial charge is 0.452 e. The maximum absolute atomic E-state index is 13.7. The minimum Gasteiger partial charge on any atom is -0.452 e. The third-order valence-electron chi connectivity index (χ3n) is 4.10. The molecule has 3 aromatic rings. The fourth-order valence-corrected chi connectivity index (χ4v) is 3.45. The second-order valence-corrected chi connectivity index (χ2v) is 7.43. The topological polar surface area (TPSA) is 84.5 Å². The van der Waals surface area contributed by atoms with Gasteiger partial charge in [-0.05, 0) is 36.4 Å². The highest BCUT2D eigenvalue weighted by molar-refractivity contribution is 8.00. The number of para-hydroxylation sites is 2. The van der Waals surface area contributed by atoms with Gasteiger partial charge < -0.3 is 15.4 Å². The summed E-state index contributed by atoms with van der Waals surface area (Å²) < 4.78 is 32.3. The van der Waals surface area contributed by atoms with Crippen LogP contribution in [0.25, 0.3) is 0 Å². The smallest absolute Gasteiger partial charge is 0.339 e. The summed E-state index contributed by atoms with van der Waals surface area (Å²) in [4.78, 5) is 37.0. The molecule has 0 saturated heterocycles. The van der Waals surface area contributed by atoms with Gasteiger partial charge in [-0.3, -0.25) is 9.59 Å². The van der Waals surface area contributed by atoms with Crippen molar-refractivity contribution in [3.63, 3.8) is 0 Å². The number of thioether (sulfide) groups is 1. The Morgan fingerprint density at radius 3 is 1.91 bits per heavy atom. The zero-order valence-electron chi connectivity index (χ0n) is 16.6. The van der Waals surface area contributed by atoms with Crippen LogP contribution in [0.4, 0.5) is 20.2 Å². The lowest BCUT2D eigenvalue weighted by molar-refractivity contribution is -0.119. The van der Waals surface area contributed by atoms with Crippen molar-refractivity contribution in [1.29, 1.82) is 0 Å². The van der Waals surface area contributed by atoms with E-state index in [0.29, 0.717) is 4.90 Å². The number of amides is 2. The molecule has 9 heteroatoms. The number of esters is 1. The van der Waals surface area contributed by atoms with Gasteiger partial charge >= 0.3 is 5.97 Å². The molecule has 0 saturated carbocycles. The summed E-state index contributed by atoms with van der Waals surface area (Å²) in [6.45, 7) is -0.611. The average molecular weight is 456 g/mol. The summed E-state index contributed by atoms with van der Waals surface area (Å²) in [5.41, 5.74) is 0.201. The molecule has 0 heterocycles. The summed E-state index contributed by atoms with van der Waals surface area (Å²) in [6.07, 6.45) is 0. The number of ether oxygens (including phenoxy) is 1. The molecule has 0 aliphatic rings. The molecule has 0 bridgehead atoms. The van der Waals surface area contributed by atoms with Crippen LogP contribution in [-0.4, -0.2) is 30.1 Å². The van der Waals surface area contributed by atoms with Crippen molar-refractivity contribution in [1.82, 2.24) is 0 Å². The number of carbonyl (C=O) groups is 3. The lowest BCUT2D eigenvalue weighted by atomic mass is 10.2. The Morgan fingerprint density at radius 2 is 1.28 bits per heavy atom. The van der Waals surface area contributed by atoms with E-state index in [0.717, 1.165) is 11.8 Å². The number of halogens is 2. The van der Waals surface area contributed by atoms with E-state index in [-0.39, 0.29) is 22.7 Å². The molecule has 6 nitrogen and oxygen atoms in total. The standard InChI is InChI=1S/C23H18F2N2O4S/c24-16-8-2-4-10-18(16)26-21(28)13-31-23(30)15-7-1-6-12-20(15)32-14-22(29)27-19-11-5-3-9-17(19)25/h1-12H,13-14H2,(H,26,28)(H,27,29). The third kappa shape index (κ3) is 6.39. The van der Waals surface area contributed by atoms with Gasteiger partial charge in [0.15, 0.2) is 6.61 Å². The lowest BCUT2D eigenvalue weighted by Crippen LogP contribution is -2.21. The van der Waals surface area contributed by atoms with Gasteiger partial charge in [0.2, 0.25) is 5.91 Å². The van der Waals surface area contributed by atoms with Gasteiger partial charge in [-0.2, -0.15) is 0 Å². The number of benzene rings is 3. The van der Waals surface area contributed by atoms with E-state index in [1.54, 1.807) is 30.3 Å². The van der Waals surface area contributed by atoms with E-state index >= 15 is 0 Å². The van der Waals surface area contributed by atoms with Crippen LogP contribution >= 0.6 is 11.8 Å². The van der Waals surface area contributed by atoms with E-state index in [1.165, 1.54) is 42.5 Å². The Kier molecular flexibility index (Phi) is 7.93. The Bertz CT molecular complexity index is 1140. The number of nitrogens with one attached hydrogen (secondary N) is 2. The first-order valence-electron chi connectivity index (χ1n) is 9.42. The SMILES string of the molecule is O=C(COC(=O)c1ccccc1SCC(=O)Nc1ccccc1F)Nc1ccccc1F. The predicted molar refractivity (Wildman–Crippen MR) is 118 cm³/mol. The normalized spacial score (nSPS) is 10.3. The molecule has 0 fully saturated rings. The highest BCUT2D eigenvalue weighted by Gasteiger charge is 2.16. The van der Waals surface area contributed by atoms with Crippen molar-refractivity contribution >= 4 is 40.9 Å². The third-order valence-corrected chi connectivity index (χ3v) is 5.17. The zero-order valence-corrected chi connectivity index (χ0v) is 17.5. The number of hydrogen-bond donors (Lipinski definition) is 2. The van der Waals surface area contributed by atoms with Gasteiger partial charge in [-0.1, -0.05) is 36.4 Å². The number of rotatable bonds is 8. The Labute approximate surface area is 187 Å². The van der Waals surface area contributed by atoms with E-state index < -0.39 is 36.0 Å². The number of hydrogen-bond acceptors (Lipinski definition) is 5. The van der Waals surface area contributed by atoms with E-state index in [2.05, 4.69) is 10.6 Å². The molecule has 3 rings (SSSR count). The van der Waals surface area contributed by atoms with Gasteiger partial charge in [0, 0.05) is 4.90 Å². The van der Waals surface area contributed by atoms with Crippen molar-refractivity contribution in [2.45, 2.75) is 4.90 Å². The van der Waals surface area contributed by atoms with Gasteiger partial charge in [0.1, 0.15) is 11.6 Å². The van der Waals surface area contributed by atoms with Crippen LogP contribution in [0, 0.1) is 11.6 Å². The van der Waals surface area contributed by atoms with Crippen LogP contribution < -0.4 is 10.6 Å². The van der Waals surface area contributed by atoms with E-state index in [9.17, 15) is 23.2 Å². The molecule has 32 heavy (non-hydrogen) atoms. The van der Waals surface area contributed by atoms with Gasteiger partial charge in [-0.15, -0.1) is 11.8 Å². The van der Waals surface area contributed by atoms with Crippen molar-refractivity contribution in [2.24, 2.45) is 0 Å². The molecule has 3 aromatic carbocycles. The van der Waals surface area contributed by atoms with Crippen molar-refractivity contribution in [3.05, 3.63) is 90.0 Å². The summed E-state index contributed by atoms with van der Waals surface area (Å²) in [5.74, 6) is -3.16. The molecule has 0 radical (unpaired) electrons. The Balaban J connectivity index is 1.55. The molecule has 0 aliphatic heterocycles. The van der Waals surface area contributed by atoms with Crippen LogP contribution in [0.1, 0.15) is 10.4 Å². The first-order valence-corrected chi connectivity index (χ1v) is 10.4. The van der Waals surface area contributed by atoms with Crippen molar-refractivity contribution in [2.75, 3.05) is 23.0 Å². The van der Waals surface area contributed by atoms with Gasteiger partial charge in [0.05, 0.1) is 22.7 Å². The first kappa shape index (κ1) is 23.0. The number of carbonyl (C=O) groups excluding carboxylic acids is 3. The highest BCUT2D eigenvalue weighted by atomic mass is 32.2. The monoisotopic (exact) mass is 456 g/mol. The van der Waals surface area contributed by atoms with E-state index in [1.807, 2.05) is 0 Å². The molecule has 0 atom stereocenters. The maximum Gasteiger partial charge on any atom is 0.339 e.